The Bertz CT molecular complexity index is 179. The third-order valence-electron chi connectivity index (χ3n) is 1.63. The molecule has 0 aromatic heterocycles. The number of hydrogen-bond acceptors (Lipinski definition) is 4. The minimum absolute atomic E-state index is 0.172. The summed E-state index contributed by atoms with van der Waals surface area (Å²) >= 11 is 0. The Morgan fingerprint density at radius 3 is 2.92 bits per heavy atom. The predicted molar refractivity (Wildman–Crippen MR) is 40.4 cm³/mol. The average Bonchev–Trinajstić information content (AvgIpc) is 1.99. The van der Waals surface area contributed by atoms with E-state index in [0.29, 0.717) is 6.61 Å². The van der Waals surface area contributed by atoms with Gasteiger partial charge in [0.1, 0.15) is 0 Å². The van der Waals surface area contributed by atoms with Gasteiger partial charge in [-0.2, -0.15) is 0 Å². The fraction of sp³-hybridized carbons (Fsp3) is 0.750. The molecule has 1 saturated heterocycles. The van der Waals surface area contributed by atoms with Crippen molar-refractivity contribution < 1.29 is 19.1 Å². The first kappa shape index (κ1) is 9.03. The van der Waals surface area contributed by atoms with Crippen LogP contribution >= 0.6 is 0 Å². The number of ether oxygens (including phenoxy) is 2. The van der Waals surface area contributed by atoms with E-state index in [1.165, 1.54) is 0 Å². The molecule has 0 spiro atoms. The molecule has 1 fully saturated rings. The highest BCUT2D eigenvalue weighted by molar-refractivity contribution is 5.89. The fourth-order valence-corrected chi connectivity index (χ4v) is 0.842. The monoisotopic (exact) mass is 172 g/mol. The Balaban J connectivity index is 2.08. The molecule has 0 aromatic rings. The minimum Gasteiger partial charge on any atom is -0.463 e. The van der Waals surface area contributed by atoms with E-state index in [1.54, 1.807) is 0 Å². The maximum absolute atomic E-state index is 10.9. The van der Waals surface area contributed by atoms with Gasteiger partial charge in [-0.05, 0) is 6.42 Å². The molecule has 0 N–H and O–H groups in total. The predicted octanol–water partition coefficient (Wildman–Crippen LogP) is 0.645. The van der Waals surface area contributed by atoms with Crippen molar-refractivity contribution in [1.29, 1.82) is 0 Å². The van der Waals surface area contributed by atoms with E-state index in [0.717, 1.165) is 12.8 Å². The molecule has 1 rings (SSSR count). The molecule has 1 aliphatic heterocycles. The SMILES string of the molecule is CCCCOC(=O)[C@@H]1CC(=O)O1. The molecule has 1 aliphatic rings. The molecule has 0 aromatic carbocycles. The molecule has 0 bridgehead atoms. The van der Waals surface area contributed by atoms with E-state index in [4.69, 9.17) is 4.74 Å². The van der Waals surface area contributed by atoms with Gasteiger partial charge in [-0.15, -0.1) is 0 Å². The number of cyclic esters (lactones) is 1. The van der Waals surface area contributed by atoms with Gasteiger partial charge in [0.25, 0.3) is 0 Å². The lowest BCUT2D eigenvalue weighted by Gasteiger charge is -2.23. The van der Waals surface area contributed by atoms with Crippen molar-refractivity contribution in [2.24, 2.45) is 0 Å². The zero-order valence-electron chi connectivity index (χ0n) is 7.04. The van der Waals surface area contributed by atoms with Crippen LogP contribution in [0.2, 0.25) is 0 Å². The lowest BCUT2D eigenvalue weighted by Crippen LogP contribution is -2.40. The summed E-state index contributed by atoms with van der Waals surface area (Å²) in [5.74, 6) is -0.740. The summed E-state index contributed by atoms with van der Waals surface area (Å²) in [6.07, 6.45) is 1.38. The lowest BCUT2D eigenvalue weighted by atomic mass is 10.2. The van der Waals surface area contributed by atoms with Crippen molar-refractivity contribution in [2.45, 2.75) is 32.3 Å². The first-order valence-electron chi connectivity index (χ1n) is 4.10. The molecule has 4 heteroatoms. The number of esters is 2. The first-order chi connectivity index (χ1) is 5.74. The second-order valence-electron chi connectivity index (χ2n) is 2.70. The molecule has 1 heterocycles. The zero-order valence-corrected chi connectivity index (χ0v) is 7.04. The van der Waals surface area contributed by atoms with E-state index >= 15 is 0 Å². The van der Waals surface area contributed by atoms with Gasteiger partial charge >= 0.3 is 11.9 Å². The second kappa shape index (κ2) is 4.09. The topological polar surface area (TPSA) is 52.6 Å². The van der Waals surface area contributed by atoms with Crippen LogP contribution in [0.4, 0.5) is 0 Å². The lowest BCUT2D eigenvalue weighted by molar-refractivity contribution is -0.185. The van der Waals surface area contributed by atoms with Crippen molar-refractivity contribution in [3.63, 3.8) is 0 Å². The fourth-order valence-electron chi connectivity index (χ4n) is 0.842. The minimum atomic E-state index is -0.630. The largest absolute Gasteiger partial charge is 0.463 e. The summed E-state index contributed by atoms with van der Waals surface area (Å²) in [6.45, 7) is 2.43. The zero-order chi connectivity index (χ0) is 8.97. The summed E-state index contributed by atoms with van der Waals surface area (Å²) in [7, 11) is 0. The normalized spacial score (nSPS) is 21.1. The maximum atomic E-state index is 10.9. The number of rotatable bonds is 4. The molecular weight excluding hydrogens is 160 g/mol. The molecule has 0 aliphatic carbocycles. The van der Waals surface area contributed by atoms with Crippen molar-refractivity contribution in [3.8, 4) is 0 Å². The number of unbranched alkanes of at least 4 members (excludes halogenated alkanes) is 1. The molecule has 0 saturated carbocycles. The van der Waals surface area contributed by atoms with Crippen LogP contribution in [-0.4, -0.2) is 24.6 Å². The molecule has 0 radical (unpaired) electrons. The third-order valence-corrected chi connectivity index (χ3v) is 1.63. The van der Waals surface area contributed by atoms with E-state index in [1.807, 2.05) is 6.92 Å². The quantitative estimate of drug-likeness (QED) is 0.461. The van der Waals surface area contributed by atoms with Crippen LogP contribution in [0.1, 0.15) is 26.2 Å². The van der Waals surface area contributed by atoms with Gasteiger partial charge in [0.05, 0.1) is 13.0 Å². The summed E-state index contributed by atoms with van der Waals surface area (Å²) in [4.78, 5) is 21.3. The van der Waals surface area contributed by atoms with Crippen molar-refractivity contribution >= 4 is 11.9 Å². The third kappa shape index (κ3) is 2.22. The number of carbonyl (C=O) groups is 2. The summed E-state index contributed by atoms with van der Waals surface area (Å²) < 4.78 is 9.34. The van der Waals surface area contributed by atoms with Gasteiger partial charge in [0, 0.05) is 0 Å². The summed E-state index contributed by atoms with van der Waals surface area (Å²) in [5.41, 5.74) is 0. The van der Waals surface area contributed by atoms with Crippen LogP contribution in [0, 0.1) is 0 Å². The Kier molecular flexibility index (Phi) is 3.08. The van der Waals surface area contributed by atoms with E-state index in [2.05, 4.69) is 4.74 Å². The second-order valence-corrected chi connectivity index (χ2v) is 2.70. The molecule has 4 nitrogen and oxygen atoms in total. The molecule has 68 valence electrons. The average molecular weight is 172 g/mol. The standard InChI is InChI=1S/C8H12O4/c1-2-3-4-11-8(10)6-5-7(9)12-6/h6H,2-5H2,1H3/t6-/m0/s1. The molecular formula is C8H12O4. The first-order valence-corrected chi connectivity index (χ1v) is 4.10. The molecule has 12 heavy (non-hydrogen) atoms. The van der Waals surface area contributed by atoms with Gasteiger partial charge < -0.3 is 9.47 Å². The van der Waals surface area contributed by atoms with Crippen molar-refractivity contribution in [2.75, 3.05) is 6.61 Å². The Morgan fingerprint density at radius 1 is 1.75 bits per heavy atom. The number of carbonyl (C=O) groups excluding carboxylic acids is 2. The van der Waals surface area contributed by atoms with Crippen LogP contribution < -0.4 is 0 Å². The van der Waals surface area contributed by atoms with Crippen molar-refractivity contribution in [1.82, 2.24) is 0 Å². The van der Waals surface area contributed by atoms with Crippen LogP contribution in [0.15, 0.2) is 0 Å². The Hall–Kier alpha value is -1.06. The van der Waals surface area contributed by atoms with Crippen LogP contribution in [0.5, 0.6) is 0 Å². The maximum Gasteiger partial charge on any atom is 0.348 e. The summed E-state index contributed by atoms with van der Waals surface area (Å²) in [6, 6.07) is 0. The molecule has 1 atom stereocenters. The van der Waals surface area contributed by atoms with Gasteiger partial charge in [0.15, 0.2) is 0 Å². The highest BCUT2D eigenvalue weighted by atomic mass is 16.6. The van der Waals surface area contributed by atoms with Crippen LogP contribution in [0.3, 0.4) is 0 Å². The Morgan fingerprint density at radius 2 is 2.42 bits per heavy atom. The molecule has 0 amide bonds. The highest BCUT2D eigenvalue weighted by Gasteiger charge is 2.36. The Labute approximate surface area is 70.8 Å². The molecule has 0 unspecified atom stereocenters. The number of hydrogen-bond donors (Lipinski definition) is 0. The van der Waals surface area contributed by atoms with Crippen molar-refractivity contribution in [3.05, 3.63) is 0 Å². The van der Waals surface area contributed by atoms with Gasteiger partial charge in [0.2, 0.25) is 6.10 Å². The van der Waals surface area contributed by atoms with Gasteiger partial charge in [-0.1, -0.05) is 13.3 Å². The summed E-state index contributed by atoms with van der Waals surface area (Å²) in [5, 5.41) is 0. The van der Waals surface area contributed by atoms with Crippen LogP contribution in [-0.2, 0) is 19.1 Å². The highest BCUT2D eigenvalue weighted by Crippen LogP contribution is 2.14. The smallest absolute Gasteiger partial charge is 0.348 e. The van der Waals surface area contributed by atoms with Gasteiger partial charge in [-0.3, -0.25) is 4.79 Å². The van der Waals surface area contributed by atoms with Crippen LogP contribution in [0.25, 0.3) is 0 Å². The van der Waals surface area contributed by atoms with E-state index in [-0.39, 0.29) is 12.4 Å². The van der Waals surface area contributed by atoms with Gasteiger partial charge in [-0.25, -0.2) is 4.79 Å². The van der Waals surface area contributed by atoms with E-state index < -0.39 is 12.1 Å². The van der Waals surface area contributed by atoms with E-state index in [9.17, 15) is 9.59 Å².